The van der Waals surface area contributed by atoms with Gasteiger partial charge in [0.05, 0.1) is 5.69 Å². The van der Waals surface area contributed by atoms with E-state index in [0.29, 0.717) is 4.77 Å². The van der Waals surface area contributed by atoms with E-state index >= 15 is 0 Å². The van der Waals surface area contributed by atoms with Crippen molar-refractivity contribution < 1.29 is 0 Å². The molecule has 0 saturated heterocycles. The molecule has 0 saturated carbocycles. The average molecular weight is 180 g/mol. The SMILES string of the molecule is Cc1ncc(C)n2c(=S)[nH]nc12. The maximum Gasteiger partial charge on any atom is 0.199 e. The van der Waals surface area contributed by atoms with Gasteiger partial charge in [0, 0.05) is 11.9 Å². The second-order valence-corrected chi connectivity index (χ2v) is 3.06. The van der Waals surface area contributed by atoms with Crippen LogP contribution in [0.25, 0.3) is 5.65 Å². The third-order valence-corrected chi connectivity index (χ3v) is 2.07. The van der Waals surface area contributed by atoms with E-state index in [4.69, 9.17) is 12.2 Å². The topological polar surface area (TPSA) is 46.0 Å². The van der Waals surface area contributed by atoms with Gasteiger partial charge in [0.2, 0.25) is 0 Å². The lowest BCUT2D eigenvalue weighted by Gasteiger charge is -1.98. The summed E-state index contributed by atoms with van der Waals surface area (Å²) in [5.41, 5.74) is 2.68. The molecule has 0 aliphatic heterocycles. The van der Waals surface area contributed by atoms with Gasteiger partial charge in [-0.2, -0.15) is 5.10 Å². The summed E-state index contributed by atoms with van der Waals surface area (Å²) in [6.07, 6.45) is 1.79. The zero-order valence-corrected chi connectivity index (χ0v) is 7.64. The molecule has 0 amide bonds. The molecule has 0 aliphatic carbocycles. The fraction of sp³-hybridized carbons (Fsp3) is 0.286. The fourth-order valence-corrected chi connectivity index (χ4v) is 1.45. The number of aryl methyl sites for hydroxylation is 2. The van der Waals surface area contributed by atoms with E-state index in [1.54, 1.807) is 6.20 Å². The van der Waals surface area contributed by atoms with Gasteiger partial charge in [-0.3, -0.25) is 14.5 Å². The van der Waals surface area contributed by atoms with Gasteiger partial charge in [0.1, 0.15) is 0 Å². The smallest absolute Gasteiger partial charge is 0.199 e. The van der Waals surface area contributed by atoms with Crippen LogP contribution in [0.5, 0.6) is 0 Å². The zero-order valence-electron chi connectivity index (χ0n) is 6.83. The molecule has 2 rings (SSSR count). The van der Waals surface area contributed by atoms with Gasteiger partial charge < -0.3 is 0 Å². The largest absolute Gasteiger partial charge is 0.270 e. The van der Waals surface area contributed by atoms with Gasteiger partial charge >= 0.3 is 0 Å². The highest BCUT2D eigenvalue weighted by atomic mass is 32.1. The molecule has 5 heteroatoms. The molecule has 0 unspecified atom stereocenters. The van der Waals surface area contributed by atoms with Crippen molar-refractivity contribution in [1.82, 2.24) is 19.6 Å². The molecule has 62 valence electrons. The number of hydrogen-bond donors (Lipinski definition) is 1. The Kier molecular flexibility index (Phi) is 1.47. The minimum atomic E-state index is 0.619. The lowest BCUT2D eigenvalue weighted by atomic mass is 10.4. The summed E-state index contributed by atoms with van der Waals surface area (Å²) in [6.45, 7) is 3.86. The molecule has 2 heterocycles. The van der Waals surface area contributed by atoms with Crippen molar-refractivity contribution in [2.24, 2.45) is 0 Å². The van der Waals surface area contributed by atoms with Crippen LogP contribution < -0.4 is 0 Å². The normalized spacial score (nSPS) is 10.8. The third-order valence-electron chi connectivity index (χ3n) is 1.79. The first-order chi connectivity index (χ1) is 5.70. The lowest BCUT2D eigenvalue weighted by molar-refractivity contribution is 0.999. The van der Waals surface area contributed by atoms with E-state index in [0.717, 1.165) is 17.0 Å². The molecular weight excluding hydrogens is 172 g/mol. The third kappa shape index (κ3) is 0.863. The summed E-state index contributed by atoms with van der Waals surface area (Å²) >= 11 is 5.05. The Morgan fingerprint density at radius 2 is 2.25 bits per heavy atom. The van der Waals surface area contributed by atoms with Crippen molar-refractivity contribution in [1.29, 1.82) is 0 Å². The Bertz CT molecular complexity index is 482. The van der Waals surface area contributed by atoms with Gasteiger partial charge in [-0.05, 0) is 26.1 Å². The monoisotopic (exact) mass is 180 g/mol. The Morgan fingerprint density at radius 3 is 2.92 bits per heavy atom. The number of nitrogens with zero attached hydrogens (tertiary/aromatic N) is 3. The molecule has 0 bridgehead atoms. The molecule has 0 atom stereocenters. The molecule has 0 radical (unpaired) electrons. The highest BCUT2D eigenvalue weighted by molar-refractivity contribution is 7.71. The van der Waals surface area contributed by atoms with Gasteiger partial charge in [-0.15, -0.1) is 0 Å². The van der Waals surface area contributed by atoms with Crippen LogP contribution >= 0.6 is 12.2 Å². The molecular formula is C7H8N4S. The summed E-state index contributed by atoms with van der Waals surface area (Å²) in [6, 6.07) is 0. The summed E-state index contributed by atoms with van der Waals surface area (Å²) < 4.78 is 2.49. The molecule has 2 aromatic rings. The second kappa shape index (κ2) is 2.38. The van der Waals surface area contributed by atoms with E-state index in [1.807, 2.05) is 18.2 Å². The van der Waals surface area contributed by atoms with Gasteiger partial charge in [-0.25, -0.2) is 0 Å². The van der Waals surface area contributed by atoms with E-state index in [-0.39, 0.29) is 0 Å². The lowest BCUT2D eigenvalue weighted by Crippen LogP contribution is -1.95. The number of fused-ring (bicyclic) bond motifs is 1. The van der Waals surface area contributed by atoms with Gasteiger partial charge in [0.15, 0.2) is 10.4 Å². The Hall–Kier alpha value is -1.23. The Balaban J connectivity index is 3.09. The quantitative estimate of drug-likeness (QED) is 0.623. The van der Waals surface area contributed by atoms with Crippen LogP contribution in [-0.4, -0.2) is 19.6 Å². The predicted molar refractivity (Wildman–Crippen MR) is 47.6 cm³/mol. The molecule has 0 aliphatic rings. The predicted octanol–water partition coefficient (Wildman–Crippen LogP) is 1.40. The number of H-pyrrole nitrogens is 1. The first kappa shape index (κ1) is 7.42. The van der Waals surface area contributed by atoms with Crippen LogP contribution in [0, 0.1) is 18.6 Å². The molecule has 4 nitrogen and oxygen atoms in total. The maximum atomic E-state index is 5.05. The minimum Gasteiger partial charge on any atom is -0.270 e. The van der Waals surface area contributed by atoms with Crippen molar-refractivity contribution in [3.05, 3.63) is 22.4 Å². The molecule has 1 N–H and O–H groups in total. The van der Waals surface area contributed by atoms with Crippen molar-refractivity contribution in [2.75, 3.05) is 0 Å². The number of hydrogen-bond acceptors (Lipinski definition) is 3. The van der Waals surface area contributed by atoms with Crippen LogP contribution in [0.2, 0.25) is 0 Å². The number of aromatic amines is 1. The molecule has 2 aromatic heterocycles. The van der Waals surface area contributed by atoms with Crippen LogP contribution in [0.15, 0.2) is 6.20 Å². The van der Waals surface area contributed by atoms with Crippen molar-refractivity contribution >= 4 is 17.9 Å². The number of rotatable bonds is 0. The molecule has 0 spiro atoms. The molecule has 0 aromatic carbocycles. The maximum absolute atomic E-state index is 5.05. The highest BCUT2D eigenvalue weighted by Gasteiger charge is 2.03. The Morgan fingerprint density at radius 1 is 1.50 bits per heavy atom. The summed E-state index contributed by atoms with van der Waals surface area (Å²) in [5.74, 6) is 0. The number of nitrogens with one attached hydrogen (secondary N) is 1. The van der Waals surface area contributed by atoms with Crippen LogP contribution in [-0.2, 0) is 0 Å². The first-order valence-electron chi connectivity index (χ1n) is 3.59. The molecule has 0 fully saturated rings. The van der Waals surface area contributed by atoms with E-state index in [9.17, 15) is 0 Å². The van der Waals surface area contributed by atoms with Crippen LogP contribution in [0.4, 0.5) is 0 Å². The standard InChI is InChI=1S/C7H8N4S/c1-4-3-8-5(2)6-9-10-7(12)11(4)6/h3H,1-2H3,(H,10,12). The Labute approximate surface area is 74.3 Å². The van der Waals surface area contributed by atoms with Crippen molar-refractivity contribution in [3.8, 4) is 0 Å². The van der Waals surface area contributed by atoms with Gasteiger partial charge in [0.25, 0.3) is 0 Å². The van der Waals surface area contributed by atoms with Crippen LogP contribution in [0.3, 0.4) is 0 Å². The zero-order chi connectivity index (χ0) is 8.72. The van der Waals surface area contributed by atoms with Gasteiger partial charge in [-0.1, -0.05) is 0 Å². The van der Waals surface area contributed by atoms with Crippen molar-refractivity contribution in [2.45, 2.75) is 13.8 Å². The molecule has 12 heavy (non-hydrogen) atoms. The minimum absolute atomic E-state index is 0.619. The van der Waals surface area contributed by atoms with E-state index in [2.05, 4.69) is 15.2 Å². The fourth-order valence-electron chi connectivity index (χ4n) is 1.17. The van der Waals surface area contributed by atoms with Crippen molar-refractivity contribution in [3.63, 3.8) is 0 Å². The summed E-state index contributed by atoms with van der Waals surface area (Å²) in [5, 5.41) is 6.80. The highest BCUT2D eigenvalue weighted by Crippen LogP contribution is 2.06. The average Bonchev–Trinajstić information content (AvgIpc) is 2.42. The van der Waals surface area contributed by atoms with E-state index < -0.39 is 0 Å². The second-order valence-electron chi connectivity index (χ2n) is 2.67. The van der Waals surface area contributed by atoms with E-state index in [1.165, 1.54) is 0 Å². The van der Waals surface area contributed by atoms with Crippen LogP contribution in [0.1, 0.15) is 11.4 Å². The number of aromatic nitrogens is 4. The summed E-state index contributed by atoms with van der Waals surface area (Å²) in [7, 11) is 0. The summed E-state index contributed by atoms with van der Waals surface area (Å²) in [4.78, 5) is 4.17. The first-order valence-corrected chi connectivity index (χ1v) is 4.00.